The molecule has 84 valence electrons. The van der Waals surface area contributed by atoms with E-state index >= 15 is 0 Å². The number of hydrogen-bond acceptors (Lipinski definition) is 2. The van der Waals surface area contributed by atoms with Gasteiger partial charge in [-0.25, -0.2) is 8.42 Å². The van der Waals surface area contributed by atoms with E-state index in [9.17, 15) is 21.6 Å². The van der Waals surface area contributed by atoms with Crippen molar-refractivity contribution in [3.63, 3.8) is 0 Å². The van der Waals surface area contributed by atoms with E-state index in [-0.39, 0.29) is 0 Å². The molecule has 0 heterocycles. The molecule has 0 spiro atoms. The average molecular weight is 351 g/mol. The van der Waals surface area contributed by atoms with Gasteiger partial charge in [0.15, 0.2) is 0 Å². The number of halogens is 4. The Balaban J connectivity index is 3.07. The standard InChI is InChI=1S/C7H5F3INO2S/c8-7(9,10)12-15(13,14)6-3-1-2-5(11)4-6/h1-4,12H. The molecular weight excluding hydrogens is 346 g/mol. The van der Waals surface area contributed by atoms with Gasteiger partial charge < -0.3 is 0 Å². The summed E-state index contributed by atoms with van der Waals surface area (Å²) in [6, 6.07) is 5.19. The van der Waals surface area contributed by atoms with Crippen molar-refractivity contribution in [1.82, 2.24) is 4.72 Å². The minimum Gasteiger partial charge on any atom is -0.207 e. The number of nitrogens with one attached hydrogen (secondary N) is 1. The summed E-state index contributed by atoms with van der Waals surface area (Å²) in [7, 11) is -4.52. The van der Waals surface area contributed by atoms with Crippen LogP contribution in [0.1, 0.15) is 0 Å². The van der Waals surface area contributed by atoms with Gasteiger partial charge in [0.1, 0.15) is 0 Å². The van der Waals surface area contributed by atoms with Gasteiger partial charge in [0.2, 0.25) is 10.0 Å². The van der Waals surface area contributed by atoms with E-state index in [4.69, 9.17) is 0 Å². The number of hydrogen-bond donors (Lipinski definition) is 1. The van der Waals surface area contributed by atoms with E-state index in [1.807, 2.05) is 22.6 Å². The van der Waals surface area contributed by atoms with Crippen LogP contribution in [0.25, 0.3) is 0 Å². The van der Waals surface area contributed by atoms with Gasteiger partial charge in [-0.05, 0) is 40.8 Å². The summed E-state index contributed by atoms with van der Waals surface area (Å²) in [5.74, 6) is 0. The van der Waals surface area contributed by atoms with Crippen LogP contribution in [0.4, 0.5) is 13.2 Å². The van der Waals surface area contributed by atoms with Crippen LogP contribution in [0, 0.1) is 3.57 Å². The van der Waals surface area contributed by atoms with Gasteiger partial charge >= 0.3 is 6.30 Å². The first-order valence-electron chi connectivity index (χ1n) is 3.57. The second kappa shape index (κ2) is 4.26. The average Bonchev–Trinajstić information content (AvgIpc) is 1.99. The summed E-state index contributed by atoms with van der Waals surface area (Å²) in [4.78, 5) is -0.410. The van der Waals surface area contributed by atoms with E-state index in [1.165, 1.54) is 6.07 Å². The Labute approximate surface area is 97.9 Å². The van der Waals surface area contributed by atoms with Crippen LogP contribution in [-0.4, -0.2) is 14.7 Å². The summed E-state index contributed by atoms with van der Waals surface area (Å²) in [6.07, 6.45) is -4.96. The lowest BCUT2D eigenvalue weighted by Gasteiger charge is -2.09. The lowest BCUT2D eigenvalue weighted by molar-refractivity contribution is -0.138. The normalized spacial score (nSPS) is 12.8. The first kappa shape index (κ1) is 12.7. The topological polar surface area (TPSA) is 46.2 Å². The summed E-state index contributed by atoms with van der Waals surface area (Å²) < 4.78 is 59.0. The van der Waals surface area contributed by atoms with Gasteiger partial charge in [0.05, 0.1) is 4.90 Å². The monoisotopic (exact) mass is 351 g/mol. The number of benzene rings is 1. The largest absolute Gasteiger partial charge is 0.470 e. The summed E-state index contributed by atoms with van der Waals surface area (Å²) >= 11 is 1.81. The SMILES string of the molecule is O=S(=O)(NC(F)(F)F)c1cccc(I)c1. The molecule has 0 fully saturated rings. The van der Waals surface area contributed by atoms with Crippen LogP contribution in [0.15, 0.2) is 29.2 Å². The molecule has 0 atom stereocenters. The van der Waals surface area contributed by atoms with E-state index < -0.39 is 21.2 Å². The molecule has 3 nitrogen and oxygen atoms in total. The molecule has 0 aliphatic heterocycles. The highest BCUT2D eigenvalue weighted by Crippen LogP contribution is 2.18. The van der Waals surface area contributed by atoms with E-state index in [2.05, 4.69) is 0 Å². The molecular formula is C7H5F3INO2S. The Morgan fingerprint density at radius 1 is 1.27 bits per heavy atom. The second-order valence-corrected chi connectivity index (χ2v) is 5.49. The zero-order chi connectivity index (χ0) is 11.7. The lowest BCUT2D eigenvalue weighted by Crippen LogP contribution is -2.37. The summed E-state index contributed by atoms with van der Waals surface area (Å²) in [5.41, 5.74) is 0. The van der Waals surface area contributed by atoms with Crippen molar-refractivity contribution in [2.75, 3.05) is 0 Å². The van der Waals surface area contributed by atoms with Gasteiger partial charge in [-0.2, -0.15) is 13.2 Å². The van der Waals surface area contributed by atoms with E-state index in [1.54, 1.807) is 6.07 Å². The van der Waals surface area contributed by atoms with Crippen molar-refractivity contribution in [3.05, 3.63) is 27.8 Å². The van der Waals surface area contributed by atoms with Crippen LogP contribution in [-0.2, 0) is 10.0 Å². The first-order chi connectivity index (χ1) is 6.71. The highest BCUT2D eigenvalue weighted by Gasteiger charge is 2.34. The summed E-state index contributed by atoms with van der Waals surface area (Å²) in [5, 5.41) is 0. The Hall–Kier alpha value is -0.350. The maximum Gasteiger partial charge on any atom is 0.470 e. The Kier molecular flexibility index (Phi) is 3.61. The fourth-order valence-corrected chi connectivity index (χ4v) is 2.56. The fourth-order valence-electron chi connectivity index (χ4n) is 0.845. The zero-order valence-electron chi connectivity index (χ0n) is 7.05. The molecule has 0 saturated carbocycles. The van der Waals surface area contributed by atoms with Crippen molar-refractivity contribution < 1.29 is 21.6 Å². The first-order valence-corrected chi connectivity index (χ1v) is 6.13. The van der Waals surface area contributed by atoms with Crippen molar-refractivity contribution in [2.45, 2.75) is 11.2 Å². The fraction of sp³-hybridized carbons (Fsp3) is 0.143. The Morgan fingerprint density at radius 2 is 1.87 bits per heavy atom. The quantitative estimate of drug-likeness (QED) is 0.655. The minimum absolute atomic E-state index is 0.410. The van der Waals surface area contributed by atoms with Crippen LogP contribution in [0.2, 0.25) is 0 Å². The third kappa shape index (κ3) is 3.95. The molecule has 0 bridgehead atoms. The van der Waals surface area contributed by atoms with Crippen molar-refractivity contribution in [3.8, 4) is 0 Å². The van der Waals surface area contributed by atoms with Gasteiger partial charge in [-0.15, -0.1) is 4.72 Å². The van der Waals surface area contributed by atoms with Gasteiger partial charge in [-0.1, -0.05) is 6.07 Å². The predicted molar refractivity (Wildman–Crippen MR) is 55.5 cm³/mol. The molecule has 15 heavy (non-hydrogen) atoms. The zero-order valence-corrected chi connectivity index (χ0v) is 10.0. The van der Waals surface area contributed by atoms with E-state index in [0.29, 0.717) is 8.29 Å². The van der Waals surface area contributed by atoms with Crippen LogP contribution < -0.4 is 4.72 Å². The van der Waals surface area contributed by atoms with Crippen LogP contribution >= 0.6 is 22.6 Å². The maximum atomic E-state index is 11.8. The second-order valence-electron chi connectivity index (χ2n) is 2.56. The van der Waals surface area contributed by atoms with E-state index in [0.717, 1.165) is 12.1 Å². The summed E-state index contributed by atoms with van der Waals surface area (Å²) in [6.45, 7) is 0. The number of alkyl halides is 3. The molecule has 0 amide bonds. The van der Waals surface area contributed by atoms with Crippen molar-refractivity contribution in [1.29, 1.82) is 0 Å². The molecule has 0 aromatic heterocycles. The predicted octanol–water partition coefficient (Wildman–Crippen LogP) is 2.09. The third-order valence-corrected chi connectivity index (χ3v) is 3.40. The smallest absolute Gasteiger partial charge is 0.207 e. The maximum absolute atomic E-state index is 11.8. The van der Waals surface area contributed by atoms with Crippen LogP contribution in [0.3, 0.4) is 0 Å². The highest BCUT2D eigenvalue weighted by atomic mass is 127. The lowest BCUT2D eigenvalue weighted by atomic mass is 10.4. The van der Waals surface area contributed by atoms with Gasteiger partial charge in [-0.3, -0.25) is 0 Å². The van der Waals surface area contributed by atoms with Crippen molar-refractivity contribution in [2.24, 2.45) is 0 Å². The molecule has 0 aliphatic carbocycles. The number of rotatable bonds is 2. The van der Waals surface area contributed by atoms with Gasteiger partial charge in [0.25, 0.3) is 0 Å². The van der Waals surface area contributed by atoms with Crippen molar-refractivity contribution >= 4 is 32.6 Å². The number of sulfonamides is 1. The minimum atomic E-state index is -4.96. The molecule has 1 rings (SSSR count). The highest BCUT2D eigenvalue weighted by molar-refractivity contribution is 14.1. The molecule has 0 saturated heterocycles. The van der Waals surface area contributed by atoms with Crippen LogP contribution in [0.5, 0.6) is 0 Å². The molecule has 1 aromatic rings. The van der Waals surface area contributed by atoms with Gasteiger partial charge in [0, 0.05) is 3.57 Å². The third-order valence-electron chi connectivity index (χ3n) is 1.36. The molecule has 1 aromatic carbocycles. The molecule has 1 N–H and O–H groups in total. The molecule has 0 radical (unpaired) electrons. The molecule has 8 heteroatoms. The Bertz CT molecular complexity index is 458. The molecule has 0 unspecified atom stereocenters. The molecule has 0 aliphatic rings. The Morgan fingerprint density at radius 3 is 2.33 bits per heavy atom.